The summed E-state index contributed by atoms with van der Waals surface area (Å²) < 4.78 is 67.6. The fourth-order valence-corrected chi connectivity index (χ4v) is 7.25. The van der Waals surface area contributed by atoms with Crippen molar-refractivity contribution in [2.45, 2.75) is 62.6 Å². The van der Waals surface area contributed by atoms with E-state index >= 15 is 0 Å². The molecule has 0 radical (unpaired) electrons. The smallest absolute Gasteiger partial charge is 0.380 e. The van der Waals surface area contributed by atoms with E-state index in [0.29, 0.717) is 29.8 Å². The minimum absolute atomic E-state index is 0.00348. The van der Waals surface area contributed by atoms with Gasteiger partial charge in [-0.15, -0.1) is 10.2 Å². The number of nitrogens with one attached hydrogen (secondary N) is 2. The lowest BCUT2D eigenvalue weighted by molar-refractivity contribution is -0.131. The quantitative estimate of drug-likeness (QED) is 0.236. The van der Waals surface area contributed by atoms with E-state index in [1.54, 1.807) is 34.7 Å². The molecule has 0 amide bonds. The van der Waals surface area contributed by atoms with Crippen molar-refractivity contribution >= 4 is 38.2 Å². The Labute approximate surface area is 243 Å². The van der Waals surface area contributed by atoms with E-state index in [9.17, 15) is 31.2 Å². The summed E-state index contributed by atoms with van der Waals surface area (Å²) in [5.74, 6) is 0.561. The lowest BCUT2D eigenvalue weighted by Gasteiger charge is -2.19. The Hall–Kier alpha value is -4.27. The molecule has 43 heavy (non-hydrogen) atoms. The van der Waals surface area contributed by atoms with Crippen LogP contribution in [0.1, 0.15) is 49.9 Å². The average molecular weight is 616 g/mol. The molecule has 1 aliphatic rings. The van der Waals surface area contributed by atoms with E-state index in [1.807, 2.05) is 13.8 Å². The standard InChI is InChI=1S/C28H28F3N7O4S/c1-3-16-12-17(34-23-22(24(39)25(23)40)32-10-9-28(29,30)31)13-19(16)26-36-35-21-14-33-27-20(38(21)26)8-11-37(27)43(41,42)18-6-4-15(2)5-7-18/h4-8,11,14,16-17,19,32,34H,3,9-10,12-13H2,1-2H3/t16-,17+,19+/m1/s1. The van der Waals surface area contributed by atoms with Crippen LogP contribution in [0.2, 0.25) is 0 Å². The molecule has 1 aliphatic carbocycles. The minimum Gasteiger partial charge on any atom is -0.380 e. The van der Waals surface area contributed by atoms with Gasteiger partial charge in [-0.05, 0) is 43.9 Å². The molecule has 1 saturated carbocycles. The number of fused-ring (bicyclic) bond motifs is 3. The maximum Gasteiger partial charge on any atom is 0.390 e. The van der Waals surface area contributed by atoms with Crippen LogP contribution in [0, 0.1) is 12.8 Å². The number of benzene rings is 1. The summed E-state index contributed by atoms with van der Waals surface area (Å²) in [6.45, 7) is 3.38. The third kappa shape index (κ3) is 5.04. The van der Waals surface area contributed by atoms with Crippen LogP contribution in [-0.4, -0.2) is 50.7 Å². The second-order valence-corrected chi connectivity index (χ2v) is 12.8. The van der Waals surface area contributed by atoms with Gasteiger partial charge in [0.05, 0.1) is 23.0 Å². The number of halogens is 3. The molecule has 226 valence electrons. The van der Waals surface area contributed by atoms with Crippen molar-refractivity contribution in [3.8, 4) is 0 Å². The van der Waals surface area contributed by atoms with Crippen molar-refractivity contribution < 1.29 is 21.6 Å². The van der Waals surface area contributed by atoms with Crippen molar-refractivity contribution in [3.05, 3.63) is 74.6 Å². The summed E-state index contributed by atoms with van der Waals surface area (Å²) in [6, 6.07) is 7.94. The van der Waals surface area contributed by atoms with Crippen LogP contribution in [0.25, 0.3) is 16.8 Å². The molecule has 0 aliphatic heterocycles. The number of anilines is 2. The van der Waals surface area contributed by atoms with E-state index in [2.05, 4.69) is 25.8 Å². The molecule has 6 rings (SSSR count). The molecular formula is C28H28F3N7O4S. The monoisotopic (exact) mass is 615 g/mol. The van der Waals surface area contributed by atoms with Gasteiger partial charge in [-0.3, -0.25) is 14.0 Å². The van der Waals surface area contributed by atoms with Gasteiger partial charge in [0.2, 0.25) is 0 Å². The molecule has 0 unspecified atom stereocenters. The highest BCUT2D eigenvalue weighted by atomic mass is 32.2. The van der Waals surface area contributed by atoms with Crippen LogP contribution in [-0.2, 0) is 10.0 Å². The second kappa shape index (κ2) is 10.5. The van der Waals surface area contributed by atoms with Gasteiger partial charge in [0.1, 0.15) is 17.2 Å². The molecule has 3 heterocycles. The van der Waals surface area contributed by atoms with E-state index in [4.69, 9.17) is 0 Å². The maximum absolute atomic E-state index is 13.5. The number of aryl methyl sites for hydroxylation is 1. The van der Waals surface area contributed by atoms with Crippen LogP contribution in [0.5, 0.6) is 0 Å². The molecule has 3 atom stereocenters. The molecule has 2 N–H and O–H groups in total. The van der Waals surface area contributed by atoms with Gasteiger partial charge in [-0.2, -0.15) is 13.2 Å². The normalized spacial score (nSPS) is 19.5. The summed E-state index contributed by atoms with van der Waals surface area (Å²) in [4.78, 5) is 28.9. The van der Waals surface area contributed by atoms with E-state index in [-0.39, 0.29) is 39.8 Å². The minimum atomic E-state index is -4.39. The molecule has 11 nitrogen and oxygen atoms in total. The van der Waals surface area contributed by atoms with Crippen molar-refractivity contribution in [1.82, 2.24) is 23.6 Å². The summed E-state index contributed by atoms with van der Waals surface area (Å²) in [5.41, 5.74) is 0.381. The number of nitrogens with zero attached hydrogens (tertiary/aromatic N) is 5. The zero-order valence-corrected chi connectivity index (χ0v) is 24.0. The van der Waals surface area contributed by atoms with Crippen LogP contribution in [0.4, 0.5) is 24.5 Å². The fourth-order valence-electron chi connectivity index (χ4n) is 5.95. The molecule has 3 aromatic heterocycles. The van der Waals surface area contributed by atoms with Crippen LogP contribution >= 0.6 is 0 Å². The molecule has 2 aromatic carbocycles. The first kappa shape index (κ1) is 28.8. The van der Waals surface area contributed by atoms with Crippen molar-refractivity contribution in [1.29, 1.82) is 0 Å². The highest BCUT2D eigenvalue weighted by molar-refractivity contribution is 7.90. The summed E-state index contributed by atoms with van der Waals surface area (Å²) >= 11 is 0. The first-order chi connectivity index (χ1) is 20.4. The zero-order chi connectivity index (χ0) is 30.7. The zero-order valence-electron chi connectivity index (χ0n) is 23.2. The van der Waals surface area contributed by atoms with Gasteiger partial charge in [0.25, 0.3) is 20.9 Å². The fraction of sp³-hybridized carbons (Fsp3) is 0.393. The third-order valence-corrected chi connectivity index (χ3v) is 9.84. The molecule has 1 fully saturated rings. The summed E-state index contributed by atoms with van der Waals surface area (Å²) in [5, 5.41) is 14.3. The Bertz CT molecular complexity index is 2010. The second-order valence-electron chi connectivity index (χ2n) is 10.9. The van der Waals surface area contributed by atoms with Crippen LogP contribution < -0.4 is 21.5 Å². The summed E-state index contributed by atoms with van der Waals surface area (Å²) in [6.07, 6.45) is -0.720. The lowest BCUT2D eigenvalue weighted by Crippen LogP contribution is -2.39. The molecule has 0 saturated heterocycles. The van der Waals surface area contributed by atoms with Crippen LogP contribution in [0.15, 0.2) is 57.2 Å². The molecule has 0 spiro atoms. The predicted octanol–water partition coefficient (Wildman–Crippen LogP) is 3.97. The highest BCUT2D eigenvalue weighted by Gasteiger charge is 2.39. The SMILES string of the molecule is CC[C@@H]1C[C@H](Nc2c(NCCC(F)(F)F)c(=O)c2=O)C[C@@H]1c1nnc2cnc3c(ccn3S(=O)(=O)c3ccc(C)cc3)n12. The number of alkyl halides is 3. The van der Waals surface area contributed by atoms with Crippen LogP contribution in [0.3, 0.4) is 0 Å². The van der Waals surface area contributed by atoms with Crippen molar-refractivity contribution in [2.24, 2.45) is 5.92 Å². The lowest BCUT2D eigenvalue weighted by atomic mass is 9.93. The molecular weight excluding hydrogens is 587 g/mol. The highest BCUT2D eigenvalue weighted by Crippen LogP contribution is 2.43. The Morgan fingerprint density at radius 1 is 1.02 bits per heavy atom. The molecule has 0 bridgehead atoms. The van der Waals surface area contributed by atoms with Gasteiger partial charge in [-0.1, -0.05) is 31.0 Å². The first-order valence-corrected chi connectivity index (χ1v) is 15.3. The Balaban J connectivity index is 1.30. The first-order valence-electron chi connectivity index (χ1n) is 13.8. The van der Waals surface area contributed by atoms with E-state index < -0.39 is 40.0 Å². The van der Waals surface area contributed by atoms with Gasteiger partial charge in [-0.25, -0.2) is 17.4 Å². The van der Waals surface area contributed by atoms with Gasteiger partial charge >= 0.3 is 6.18 Å². The number of aromatic nitrogens is 5. The van der Waals surface area contributed by atoms with E-state index in [0.717, 1.165) is 16.0 Å². The Morgan fingerprint density at radius 2 is 1.74 bits per heavy atom. The van der Waals surface area contributed by atoms with Gasteiger partial charge in [0, 0.05) is 24.7 Å². The average Bonchev–Trinajstić information content (AvgIpc) is 3.69. The Kier molecular flexibility index (Phi) is 7.02. The Morgan fingerprint density at radius 3 is 2.44 bits per heavy atom. The summed E-state index contributed by atoms with van der Waals surface area (Å²) in [7, 11) is -3.93. The van der Waals surface area contributed by atoms with Crippen molar-refractivity contribution in [3.63, 3.8) is 0 Å². The van der Waals surface area contributed by atoms with Gasteiger partial charge in [0.15, 0.2) is 11.3 Å². The predicted molar refractivity (Wildman–Crippen MR) is 154 cm³/mol. The molecule has 15 heteroatoms. The van der Waals surface area contributed by atoms with Gasteiger partial charge < -0.3 is 10.6 Å². The maximum atomic E-state index is 13.5. The topological polar surface area (TPSA) is 140 Å². The molecule has 5 aromatic rings. The number of rotatable bonds is 9. The largest absolute Gasteiger partial charge is 0.390 e. The number of hydrogen-bond donors (Lipinski definition) is 2. The van der Waals surface area contributed by atoms with Crippen molar-refractivity contribution in [2.75, 3.05) is 17.2 Å². The third-order valence-electron chi connectivity index (χ3n) is 8.16. The van der Waals surface area contributed by atoms with E-state index in [1.165, 1.54) is 12.4 Å². The number of hydrogen-bond acceptors (Lipinski definition) is 9.